The minimum Gasteiger partial charge on any atom is -0.465 e. The summed E-state index contributed by atoms with van der Waals surface area (Å²) in [6, 6.07) is -1.88. The van der Waals surface area contributed by atoms with Gasteiger partial charge in [0.1, 0.15) is 18.6 Å². The van der Waals surface area contributed by atoms with Crippen LogP contribution in [0.4, 0.5) is 0 Å². The number of ether oxygens (including phenoxy) is 1. The standard InChI is InChI=1S/C34H59N5O6/c1-12-45-28(40)21-36(10)32(43)26-17-15-19-39(26)31(42)24(6)20-27(22(2)3)37(11)33(44)29(34(7,8)9)35-30(41)25-16-13-14-18-38(25)23(4)5/h20,22-23,25-27,29H,12-19,21H2,1-11H3,(H,35,41)/b24-20+/t25-,26+,27-,29-/m1/s1. The van der Waals surface area contributed by atoms with Crippen LogP contribution in [0.2, 0.25) is 0 Å². The van der Waals surface area contributed by atoms with Crippen LogP contribution in [-0.2, 0) is 28.7 Å². The zero-order chi connectivity index (χ0) is 34.2. The van der Waals surface area contributed by atoms with E-state index >= 15 is 0 Å². The number of nitrogens with zero attached hydrogens (tertiary/aromatic N) is 4. The Morgan fingerprint density at radius 3 is 2.13 bits per heavy atom. The molecule has 2 heterocycles. The summed E-state index contributed by atoms with van der Waals surface area (Å²) in [7, 11) is 3.26. The molecule has 1 N–H and O–H groups in total. The van der Waals surface area contributed by atoms with E-state index < -0.39 is 29.5 Å². The van der Waals surface area contributed by atoms with Crippen LogP contribution < -0.4 is 5.32 Å². The lowest BCUT2D eigenvalue weighted by molar-refractivity contribution is -0.150. The normalized spacial score (nSPS) is 21.0. The van der Waals surface area contributed by atoms with Crippen molar-refractivity contribution < 1.29 is 28.7 Å². The molecule has 11 nitrogen and oxygen atoms in total. The third-order valence-electron chi connectivity index (χ3n) is 8.99. The smallest absolute Gasteiger partial charge is 0.325 e. The first-order valence-corrected chi connectivity index (χ1v) is 16.6. The molecule has 256 valence electrons. The topological polar surface area (TPSA) is 120 Å². The second-order valence-corrected chi connectivity index (χ2v) is 14.3. The maximum absolute atomic E-state index is 14.1. The fraction of sp³-hybridized carbons (Fsp3) is 0.794. The highest BCUT2D eigenvalue weighted by Crippen LogP contribution is 2.27. The fourth-order valence-electron chi connectivity index (χ4n) is 6.40. The SMILES string of the molecule is CCOC(=O)CN(C)C(=O)[C@@H]1CCCN1C(=O)/C(C)=C/[C@H](C(C)C)N(C)C(=O)[C@@H](NC(=O)[C@H]1CCCCN1C(C)C)C(C)(C)C. The van der Waals surface area contributed by atoms with E-state index in [9.17, 15) is 24.0 Å². The number of likely N-dealkylation sites (tertiary alicyclic amines) is 2. The molecule has 0 aromatic carbocycles. The van der Waals surface area contributed by atoms with Crippen LogP contribution in [0.1, 0.15) is 94.4 Å². The van der Waals surface area contributed by atoms with Crippen molar-refractivity contribution in [3.05, 3.63) is 11.6 Å². The molecule has 0 spiro atoms. The summed E-state index contributed by atoms with van der Waals surface area (Å²) in [5.74, 6) is -1.42. The highest BCUT2D eigenvalue weighted by atomic mass is 16.5. The Hall–Kier alpha value is -2.95. The first kappa shape index (κ1) is 38.2. The van der Waals surface area contributed by atoms with Gasteiger partial charge in [0.15, 0.2) is 0 Å². The Labute approximate surface area is 271 Å². The number of hydrogen-bond acceptors (Lipinski definition) is 7. The highest BCUT2D eigenvalue weighted by Gasteiger charge is 2.41. The summed E-state index contributed by atoms with van der Waals surface area (Å²) in [5.41, 5.74) is -0.111. The average Bonchev–Trinajstić information content (AvgIpc) is 3.46. The number of carbonyl (C=O) groups is 5. The van der Waals surface area contributed by atoms with E-state index in [-0.39, 0.29) is 54.8 Å². The zero-order valence-electron chi connectivity index (χ0n) is 29.6. The molecule has 2 aliphatic heterocycles. The Balaban J connectivity index is 2.25. The summed E-state index contributed by atoms with van der Waals surface area (Å²) in [5, 5.41) is 3.11. The predicted octanol–water partition coefficient (Wildman–Crippen LogP) is 3.22. The minimum absolute atomic E-state index is 0.0282. The summed E-state index contributed by atoms with van der Waals surface area (Å²) in [6.07, 6.45) is 5.80. The number of esters is 1. The van der Waals surface area contributed by atoms with Gasteiger partial charge in [-0.3, -0.25) is 28.9 Å². The van der Waals surface area contributed by atoms with Gasteiger partial charge in [-0.05, 0) is 71.3 Å². The molecule has 0 aromatic heterocycles. The predicted molar refractivity (Wildman–Crippen MR) is 175 cm³/mol. The van der Waals surface area contributed by atoms with Crippen molar-refractivity contribution in [2.24, 2.45) is 11.3 Å². The van der Waals surface area contributed by atoms with E-state index in [1.165, 1.54) is 11.9 Å². The Morgan fingerprint density at radius 1 is 0.956 bits per heavy atom. The molecule has 0 bridgehead atoms. The molecular formula is C34H59N5O6. The number of carbonyl (C=O) groups excluding carboxylic acids is 5. The molecule has 0 aliphatic carbocycles. The van der Waals surface area contributed by atoms with Crippen LogP contribution in [0.15, 0.2) is 11.6 Å². The number of nitrogens with one attached hydrogen (secondary N) is 1. The molecule has 2 fully saturated rings. The Morgan fingerprint density at radius 2 is 1.58 bits per heavy atom. The van der Waals surface area contributed by atoms with Gasteiger partial charge >= 0.3 is 5.97 Å². The van der Waals surface area contributed by atoms with Gasteiger partial charge in [0.2, 0.25) is 23.6 Å². The maximum atomic E-state index is 14.1. The first-order chi connectivity index (χ1) is 20.9. The number of hydrogen-bond donors (Lipinski definition) is 1. The monoisotopic (exact) mass is 633 g/mol. The molecule has 45 heavy (non-hydrogen) atoms. The summed E-state index contributed by atoms with van der Waals surface area (Å²) in [4.78, 5) is 73.3. The molecule has 0 aromatic rings. The molecule has 2 rings (SSSR count). The van der Waals surface area contributed by atoms with Crippen molar-refractivity contribution in [1.29, 1.82) is 0 Å². The van der Waals surface area contributed by atoms with Crippen molar-refractivity contribution in [1.82, 2.24) is 24.9 Å². The number of rotatable bonds is 12. The molecule has 2 aliphatic rings. The molecule has 11 heteroatoms. The molecular weight excluding hydrogens is 574 g/mol. The van der Waals surface area contributed by atoms with E-state index in [2.05, 4.69) is 24.1 Å². The third-order valence-corrected chi connectivity index (χ3v) is 8.99. The van der Waals surface area contributed by atoms with Gasteiger partial charge < -0.3 is 24.8 Å². The van der Waals surface area contributed by atoms with Gasteiger partial charge in [-0.25, -0.2) is 0 Å². The summed E-state index contributed by atoms with van der Waals surface area (Å²) >= 11 is 0. The quantitative estimate of drug-likeness (QED) is 0.259. The van der Waals surface area contributed by atoms with Crippen LogP contribution in [0.5, 0.6) is 0 Å². The number of amides is 4. The molecule has 4 amide bonds. The average molecular weight is 634 g/mol. The van der Waals surface area contributed by atoms with Crippen LogP contribution in [-0.4, -0.2) is 120 Å². The zero-order valence-corrected chi connectivity index (χ0v) is 29.6. The van der Waals surface area contributed by atoms with Gasteiger partial charge in [-0.1, -0.05) is 47.1 Å². The highest BCUT2D eigenvalue weighted by molar-refractivity contribution is 5.97. The van der Waals surface area contributed by atoms with Crippen LogP contribution >= 0.6 is 0 Å². The lowest BCUT2D eigenvalue weighted by atomic mass is 9.84. The summed E-state index contributed by atoms with van der Waals surface area (Å²) in [6.45, 7) is 18.8. The van der Waals surface area contributed by atoms with Crippen LogP contribution in [0.25, 0.3) is 0 Å². The lowest BCUT2D eigenvalue weighted by Gasteiger charge is -2.41. The molecule has 0 saturated carbocycles. The second kappa shape index (κ2) is 16.6. The second-order valence-electron chi connectivity index (χ2n) is 14.3. The molecule has 0 unspecified atom stereocenters. The van der Waals surface area contributed by atoms with Gasteiger partial charge in [0, 0.05) is 32.3 Å². The Bertz CT molecular complexity index is 1100. The van der Waals surface area contributed by atoms with Crippen molar-refractivity contribution in [3.8, 4) is 0 Å². The van der Waals surface area contributed by atoms with E-state index in [1.54, 1.807) is 36.8 Å². The molecule has 2 saturated heterocycles. The summed E-state index contributed by atoms with van der Waals surface area (Å²) < 4.78 is 4.97. The molecule has 0 radical (unpaired) electrons. The van der Waals surface area contributed by atoms with Gasteiger partial charge in [0.05, 0.1) is 18.7 Å². The van der Waals surface area contributed by atoms with Gasteiger partial charge in [-0.2, -0.15) is 0 Å². The van der Waals surface area contributed by atoms with E-state index in [0.29, 0.717) is 25.0 Å². The van der Waals surface area contributed by atoms with Crippen LogP contribution in [0.3, 0.4) is 0 Å². The van der Waals surface area contributed by atoms with Gasteiger partial charge in [-0.15, -0.1) is 0 Å². The molecule has 4 atom stereocenters. The third kappa shape index (κ3) is 10.0. The van der Waals surface area contributed by atoms with Gasteiger partial charge in [0.25, 0.3) is 0 Å². The number of piperidine rings is 1. The van der Waals surface area contributed by atoms with E-state index in [1.807, 2.05) is 34.6 Å². The largest absolute Gasteiger partial charge is 0.465 e. The Kier molecular flexibility index (Phi) is 14.1. The van der Waals surface area contributed by atoms with Crippen LogP contribution in [0, 0.1) is 11.3 Å². The van der Waals surface area contributed by atoms with E-state index in [0.717, 1.165) is 25.8 Å². The van der Waals surface area contributed by atoms with E-state index in [4.69, 9.17) is 4.74 Å². The fourth-order valence-corrected chi connectivity index (χ4v) is 6.40. The van der Waals surface area contributed by atoms with Crippen molar-refractivity contribution in [2.45, 2.75) is 125 Å². The first-order valence-electron chi connectivity index (χ1n) is 16.6. The minimum atomic E-state index is -0.757. The van der Waals surface area contributed by atoms with Crippen molar-refractivity contribution in [3.63, 3.8) is 0 Å². The maximum Gasteiger partial charge on any atom is 0.325 e. The number of likely N-dealkylation sites (N-methyl/N-ethyl adjacent to an activating group) is 2. The van der Waals surface area contributed by atoms with Crippen molar-refractivity contribution >= 4 is 29.6 Å². The lowest BCUT2D eigenvalue weighted by Crippen LogP contribution is -2.60. The van der Waals surface area contributed by atoms with Crippen molar-refractivity contribution in [2.75, 3.05) is 40.3 Å².